The van der Waals surface area contributed by atoms with Gasteiger partial charge in [-0.25, -0.2) is 0 Å². The first kappa shape index (κ1) is 19.8. The van der Waals surface area contributed by atoms with Crippen LogP contribution in [0.3, 0.4) is 0 Å². The molecule has 1 aliphatic heterocycles. The largest absolute Gasteiger partial charge is 0.493 e. The molecule has 1 saturated heterocycles. The van der Waals surface area contributed by atoms with Crippen LogP contribution in [0.25, 0.3) is 6.08 Å². The van der Waals surface area contributed by atoms with Crippen LogP contribution in [0.1, 0.15) is 26.3 Å². The number of hydrogen-bond acceptors (Lipinski definition) is 7. The van der Waals surface area contributed by atoms with E-state index in [2.05, 4.69) is 0 Å². The van der Waals surface area contributed by atoms with Gasteiger partial charge in [-0.2, -0.15) is 0 Å². The molecule has 1 fully saturated rings. The van der Waals surface area contributed by atoms with E-state index in [9.17, 15) is 14.4 Å². The van der Waals surface area contributed by atoms with Gasteiger partial charge in [0.15, 0.2) is 11.5 Å². The number of thioether (sulfide) groups is 1. The standard InChI is InChI=1S/C18H21NO6S/c1-18(2,3)25-15(20)10-19-16(21)14(26-17(19)22)9-11-6-7-12(23-4)13(8-11)24-5/h6-9H,10H2,1-5H3. The highest BCUT2D eigenvalue weighted by molar-refractivity contribution is 8.18. The molecular formula is C18H21NO6S. The van der Waals surface area contributed by atoms with Crippen molar-refractivity contribution < 1.29 is 28.6 Å². The zero-order valence-electron chi connectivity index (χ0n) is 15.3. The van der Waals surface area contributed by atoms with Crippen molar-refractivity contribution in [3.8, 4) is 11.5 Å². The fourth-order valence-corrected chi connectivity index (χ4v) is 3.07. The number of amides is 2. The van der Waals surface area contributed by atoms with Crippen molar-refractivity contribution >= 4 is 35.0 Å². The van der Waals surface area contributed by atoms with Crippen LogP contribution in [-0.4, -0.2) is 48.4 Å². The summed E-state index contributed by atoms with van der Waals surface area (Å²) in [4.78, 5) is 37.5. The van der Waals surface area contributed by atoms with Crippen LogP contribution in [0, 0.1) is 0 Å². The van der Waals surface area contributed by atoms with Crippen molar-refractivity contribution in [2.24, 2.45) is 0 Å². The number of ether oxygens (including phenoxy) is 3. The molecule has 2 rings (SSSR count). The first-order chi connectivity index (χ1) is 12.1. The number of hydrogen-bond donors (Lipinski definition) is 0. The Hall–Kier alpha value is -2.48. The lowest BCUT2D eigenvalue weighted by atomic mass is 10.2. The topological polar surface area (TPSA) is 82.1 Å². The number of imide groups is 1. The molecule has 0 atom stereocenters. The first-order valence-electron chi connectivity index (χ1n) is 7.84. The quantitative estimate of drug-likeness (QED) is 0.574. The zero-order chi connectivity index (χ0) is 19.5. The second kappa shape index (κ2) is 7.82. The Balaban J connectivity index is 2.17. The SMILES string of the molecule is COc1ccc(C=C2SC(=O)N(CC(=O)OC(C)(C)C)C2=O)cc1OC. The lowest BCUT2D eigenvalue weighted by molar-refractivity contribution is -0.156. The molecule has 8 heteroatoms. The lowest BCUT2D eigenvalue weighted by Gasteiger charge is -2.21. The molecule has 1 heterocycles. The number of esters is 1. The summed E-state index contributed by atoms with van der Waals surface area (Å²) >= 11 is 0.779. The highest BCUT2D eigenvalue weighted by Crippen LogP contribution is 2.34. The number of nitrogens with zero attached hydrogens (tertiary/aromatic N) is 1. The molecule has 2 amide bonds. The Labute approximate surface area is 156 Å². The Morgan fingerprint density at radius 1 is 1.15 bits per heavy atom. The van der Waals surface area contributed by atoms with E-state index in [0.717, 1.165) is 16.7 Å². The van der Waals surface area contributed by atoms with Crippen LogP contribution < -0.4 is 9.47 Å². The molecule has 0 N–H and O–H groups in total. The van der Waals surface area contributed by atoms with E-state index in [4.69, 9.17) is 14.2 Å². The van der Waals surface area contributed by atoms with Crippen LogP contribution in [0.15, 0.2) is 23.1 Å². The maximum Gasteiger partial charge on any atom is 0.326 e. The molecule has 1 aliphatic rings. The summed E-state index contributed by atoms with van der Waals surface area (Å²) in [6.07, 6.45) is 1.57. The number of rotatable bonds is 5. The van der Waals surface area contributed by atoms with Crippen LogP contribution in [-0.2, 0) is 14.3 Å². The molecular weight excluding hydrogens is 358 g/mol. The van der Waals surface area contributed by atoms with Gasteiger partial charge in [0.05, 0.1) is 19.1 Å². The Morgan fingerprint density at radius 2 is 1.81 bits per heavy atom. The van der Waals surface area contributed by atoms with Crippen LogP contribution in [0.2, 0.25) is 0 Å². The minimum atomic E-state index is -0.686. The van der Waals surface area contributed by atoms with Gasteiger partial charge in [-0.1, -0.05) is 6.07 Å². The normalized spacial score (nSPS) is 16.2. The molecule has 0 aromatic heterocycles. The second-order valence-electron chi connectivity index (χ2n) is 6.47. The third-order valence-electron chi connectivity index (χ3n) is 3.29. The molecule has 1 aromatic carbocycles. The van der Waals surface area contributed by atoms with E-state index in [-0.39, 0.29) is 4.91 Å². The summed E-state index contributed by atoms with van der Waals surface area (Å²) in [7, 11) is 3.04. The van der Waals surface area contributed by atoms with Crippen molar-refractivity contribution in [3.05, 3.63) is 28.7 Å². The molecule has 140 valence electrons. The van der Waals surface area contributed by atoms with E-state index < -0.39 is 29.3 Å². The van der Waals surface area contributed by atoms with Crippen LogP contribution in [0.5, 0.6) is 11.5 Å². The van der Waals surface area contributed by atoms with Crippen LogP contribution in [0.4, 0.5) is 4.79 Å². The van der Waals surface area contributed by atoms with Crippen molar-refractivity contribution in [2.75, 3.05) is 20.8 Å². The van der Waals surface area contributed by atoms with Crippen LogP contribution >= 0.6 is 11.8 Å². The van der Waals surface area contributed by atoms with E-state index in [1.807, 2.05) is 0 Å². The first-order valence-corrected chi connectivity index (χ1v) is 8.65. The lowest BCUT2D eigenvalue weighted by Crippen LogP contribution is -2.37. The van der Waals surface area contributed by atoms with Gasteiger partial charge in [-0.3, -0.25) is 19.3 Å². The Morgan fingerprint density at radius 3 is 2.38 bits per heavy atom. The summed E-state index contributed by atoms with van der Waals surface area (Å²) in [5, 5.41) is -0.507. The third-order valence-corrected chi connectivity index (χ3v) is 4.19. The summed E-state index contributed by atoms with van der Waals surface area (Å²) in [6.45, 7) is 4.74. The number of carbonyl (C=O) groups excluding carboxylic acids is 3. The van der Waals surface area contributed by atoms with Gasteiger partial charge in [0.1, 0.15) is 12.1 Å². The molecule has 0 saturated carbocycles. The minimum Gasteiger partial charge on any atom is -0.493 e. The average Bonchev–Trinajstić information content (AvgIpc) is 2.80. The summed E-state index contributed by atoms with van der Waals surface area (Å²) < 4.78 is 15.6. The molecule has 0 radical (unpaired) electrons. The van der Waals surface area contributed by atoms with E-state index in [0.29, 0.717) is 17.1 Å². The zero-order valence-corrected chi connectivity index (χ0v) is 16.1. The van der Waals surface area contributed by atoms with Gasteiger partial charge in [0.2, 0.25) is 0 Å². The Kier molecular flexibility index (Phi) is 5.97. The van der Waals surface area contributed by atoms with Crippen molar-refractivity contribution in [1.29, 1.82) is 0 Å². The molecule has 1 aromatic rings. The van der Waals surface area contributed by atoms with Gasteiger partial charge in [0, 0.05) is 0 Å². The highest BCUT2D eigenvalue weighted by atomic mass is 32.2. The number of methoxy groups -OCH3 is 2. The highest BCUT2D eigenvalue weighted by Gasteiger charge is 2.37. The monoisotopic (exact) mass is 379 g/mol. The molecule has 0 unspecified atom stereocenters. The van der Waals surface area contributed by atoms with Gasteiger partial charge < -0.3 is 14.2 Å². The number of benzene rings is 1. The summed E-state index contributed by atoms with van der Waals surface area (Å²) in [5.41, 5.74) is -0.0145. The van der Waals surface area contributed by atoms with Crippen molar-refractivity contribution in [1.82, 2.24) is 4.90 Å². The molecule has 7 nitrogen and oxygen atoms in total. The Bertz CT molecular complexity index is 765. The van der Waals surface area contributed by atoms with E-state index in [1.54, 1.807) is 45.0 Å². The van der Waals surface area contributed by atoms with Gasteiger partial charge in [-0.05, 0) is 56.3 Å². The van der Waals surface area contributed by atoms with Gasteiger partial charge in [-0.15, -0.1) is 0 Å². The van der Waals surface area contributed by atoms with Crippen molar-refractivity contribution in [3.63, 3.8) is 0 Å². The smallest absolute Gasteiger partial charge is 0.326 e. The minimum absolute atomic E-state index is 0.228. The van der Waals surface area contributed by atoms with E-state index in [1.165, 1.54) is 14.2 Å². The summed E-state index contributed by atoms with van der Waals surface area (Å²) in [6, 6.07) is 5.14. The fourth-order valence-electron chi connectivity index (χ4n) is 2.23. The average molecular weight is 379 g/mol. The second-order valence-corrected chi connectivity index (χ2v) is 7.46. The molecule has 26 heavy (non-hydrogen) atoms. The molecule has 0 spiro atoms. The summed E-state index contributed by atoms with van der Waals surface area (Å²) in [5.74, 6) is -0.0928. The third kappa shape index (κ3) is 4.78. The van der Waals surface area contributed by atoms with Crippen molar-refractivity contribution in [2.45, 2.75) is 26.4 Å². The van der Waals surface area contributed by atoms with Gasteiger partial charge >= 0.3 is 5.97 Å². The predicted octanol–water partition coefficient (Wildman–Crippen LogP) is 3.08. The number of carbonyl (C=O) groups is 3. The van der Waals surface area contributed by atoms with E-state index >= 15 is 0 Å². The maximum absolute atomic E-state index is 12.5. The molecule has 0 bridgehead atoms. The maximum atomic E-state index is 12.5. The van der Waals surface area contributed by atoms with Gasteiger partial charge in [0.25, 0.3) is 11.1 Å². The fraction of sp³-hybridized carbons (Fsp3) is 0.389. The predicted molar refractivity (Wildman–Crippen MR) is 98.1 cm³/mol. The molecule has 0 aliphatic carbocycles.